The van der Waals surface area contributed by atoms with Crippen molar-refractivity contribution in [1.29, 1.82) is 0 Å². The number of hydrogen-bond donors (Lipinski definition) is 1. The maximum atomic E-state index is 9.60. The molecule has 20 heavy (non-hydrogen) atoms. The molecule has 1 N–H and O–H groups in total. The Morgan fingerprint density at radius 1 is 1.20 bits per heavy atom. The Morgan fingerprint density at radius 3 is 2.45 bits per heavy atom. The van der Waals surface area contributed by atoms with Gasteiger partial charge < -0.3 is 9.84 Å². The molecule has 0 saturated carbocycles. The van der Waals surface area contributed by atoms with Gasteiger partial charge in [-0.3, -0.25) is 0 Å². The van der Waals surface area contributed by atoms with Crippen LogP contribution in [0, 0.1) is 0 Å². The van der Waals surface area contributed by atoms with Crippen LogP contribution in [-0.2, 0) is 6.42 Å². The van der Waals surface area contributed by atoms with Crippen LogP contribution in [-0.4, -0.2) is 5.11 Å². The number of ether oxygens (including phenoxy) is 1. The van der Waals surface area contributed by atoms with E-state index in [1.54, 1.807) is 6.92 Å². The standard InChI is InChI=1S/C16H16BrClO2/c1-3-11-8-12(5-7-16(11)18)20-13-4-6-14(10(2)19)15(17)9-13/h4-10,19H,3H2,1-2H3/t10-/m1/s1. The first-order chi connectivity index (χ1) is 9.51. The highest BCUT2D eigenvalue weighted by atomic mass is 79.9. The summed E-state index contributed by atoms with van der Waals surface area (Å²) in [5.41, 5.74) is 1.89. The lowest BCUT2D eigenvalue weighted by molar-refractivity contribution is 0.198. The molecule has 0 aliphatic heterocycles. The van der Waals surface area contributed by atoms with Crippen molar-refractivity contribution < 1.29 is 9.84 Å². The highest BCUT2D eigenvalue weighted by molar-refractivity contribution is 9.10. The zero-order chi connectivity index (χ0) is 14.7. The van der Waals surface area contributed by atoms with Crippen LogP contribution in [0.1, 0.15) is 31.1 Å². The first kappa shape index (κ1) is 15.4. The summed E-state index contributed by atoms with van der Waals surface area (Å²) in [5.74, 6) is 1.47. The van der Waals surface area contributed by atoms with Crippen LogP contribution in [0.25, 0.3) is 0 Å². The summed E-state index contributed by atoms with van der Waals surface area (Å²) in [6.07, 6.45) is 0.349. The van der Waals surface area contributed by atoms with Crippen LogP contribution in [0.15, 0.2) is 40.9 Å². The highest BCUT2D eigenvalue weighted by Crippen LogP contribution is 2.31. The van der Waals surface area contributed by atoms with E-state index in [-0.39, 0.29) is 0 Å². The molecular formula is C16H16BrClO2. The van der Waals surface area contributed by atoms with Gasteiger partial charge in [0, 0.05) is 9.50 Å². The summed E-state index contributed by atoms with van der Waals surface area (Å²) in [6, 6.07) is 11.2. The normalized spacial score (nSPS) is 12.2. The van der Waals surface area contributed by atoms with E-state index in [1.165, 1.54) is 0 Å². The Morgan fingerprint density at radius 2 is 1.85 bits per heavy atom. The lowest BCUT2D eigenvalue weighted by Gasteiger charge is -2.11. The number of aryl methyl sites for hydroxylation is 1. The second-order valence-electron chi connectivity index (χ2n) is 4.57. The monoisotopic (exact) mass is 354 g/mol. The quantitative estimate of drug-likeness (QED) is 0.783. The molecular weight excluding hydrogens is 340 g/mol. The van der Waals surface area contributed by atoms with Crippen LogP contribution < -0.4 is 4.74 Å². The van der Waals surface area contributed by atoms with E-state index in [0.29, 0.717) is 5.75 Å². The second-order valence-corrected chi connectivity index (χ2v) is 5.83. The van der Waals surface area contributed by atoms with E-state index < -0.39 is 6.10 Å². The van der Waals surface area contributed by atoms with Gasteiger partial charge in [0.25, 0.3) is 0 Å². The lowest BCUT2D eigenvalue weighted by Crippen LogP contribution is -1.93. The molecule has 2 aromatic rings. The van der Waals surface area contributed by atoms with Crippen molar-refractivity contribution in [3.8, 4) is 11.5 Å². The fourth-order valence-electron chi connectivity index (χ4n) is 1.93. The van der Waals surface area contributed by atoms with Gasteiger partial charge >= 0.3 is 0 Å². The van der Waals surface area contributed by atoms with Crippen molar-refractivity contribution in [2.45, 2.75) is 26.4 Å². The molecule has 0 saturated heterocycles. The Balaban J connectivity index is 2.24. The Bertz CT molecular complexity index is 611. The molecule has 0 bridgehead atoms. The van der Waals surface area contributed by atoms with E-state index in [1.807, 2.05) is 36.4 Å². The summed E-state index contributed by atoms with van der Waals surface area (Å²) in [6.45, 7) is 3.78. The van der Waals surface area contributed by atoms with E-state index in [4.69, 9.17) is 16.3 Å². The van der Waals surface area contributed by atoms with Crippen molar-refractivity contribution in [2.75, 3.05) is 0 Å². The van der Waals surface area contributed by atoms with Crippen LogP contribution in [0.4, 0.5) is 0 Å². The van der Waals surface area contributed by atoms with Crippen LogP contribution in [0.5, 0.6) is 11.5 Å². The molecule has 0 radical (unpaired) electrons. The zero-order valence-corrected chi connectivity index (χ0v) is 13.7. The van der Waals surface area contributed by atoms with Gasteiger partial charge in [-0.05, 0) is 54.8 Å². The Kier molecular flexibility index (Phi) is 5.08. The third kappa shape index (κ3) is 3.54. The van der Waals surface area contributed by atoms with Gasteiger partial charge in [0.1, 0.15) is 11.5 Å². The molecule has 0 unspecified atom stereocenters. The first-order valence-corrected chi connectivity index (χ1v) is 7.62. The van der Waals surface area contributed by atoms with Gasteiger partial charge in [0.2, 0.25) is 0 Å². The fraction of sp³-hybridized carbons (Fsp3) is 0.250. The maximum absolute atomic E-state index is 9.60. The summed E-state index contributed by atoms with van der Waals surface area (Å²) < 4.78 is 6.65. The first-order valence-electron chi connectivity index (χ1n) is 6.45. The van der Waals surface area contributed by atoms with Gasteiger partial charge in [-0.15, -0.1) is 0 Å². The number of rotatable bonds is 4. The fourth-order valence-corrected chi connectivity index (χ4v) is 2.87. The Labute approximate surface area is 132 Å². The predicted octanol–water partition coefficient (Wildman–Crippen LogP) is 5.51. The van der Waals surface area contributed by atoms with Crippen molar-refractivity contribution in [2.24, 2.45) is 0 Å². The number of benzene rings is 2. The van der Waals surface area contributed by atoms with E-state index in [2.05, 4.69) is 22.9 Å². The predicted molar refractivity (Wildman–Crippen MR) is 85.7 cm³/mol. The van der Waals surface area contributed by atoms with Gasteiger partial charge in [-0.25, -0.2) is 0 Å². The average molecular weight is 356 g/mol. The maximum Gasteiger partial charge on any atom is 0.128 e. The third-order valence-corrected chi connectivity index (χ3v) is 4.11. The zero-order valence-electron chi connectivity index (χ0n) is 11.4. The second kappa shape index (κ2) is 6.61. The molecule has 0 fully saturated rings. The minimum atomic E-state index is -0.513. The number of aliphatic hydroxyl groups excluding tert-OH is 1. The molecule has 0 aliphatic rings. The van der Waals surface area contributed by atoms with Gasteiger partial charge in [-0.1, -0.05) is 40.5 Å². The summed E-state index contributed by atoms with van der Waals surface area (Å²) in [4.78, 5) is 0. The summed E-state index contributed by atoms with van der Waals surface area (Å²) in [5, 5.41) is 10.4. The lowest BCUT2D eigenvalue weighted by atomic mass is 10.1. The number of hydrogen-bond acceptors (Lipinski definition) is 2. The number of aliphatic hydroxyl groups is 1. The largest absolute Gasteiger partial charge is 0.457 e. The average Bonchev–Trinajstić information content (AvgIpc) is 2.40. The molecule has 0 amide bonds. The van der Waals surface area contributed by atoms with Crippen molar-refractivity contribution >= 4 is 27.5 Å². The van der Waals surface area contributed by atoms with Crippen LogP contribution >= 0.6 is 27.5 Å². The molecule has 0 heterocycles. The van der Waals surface area contributed by atoms with Crippen LogP contribution in [0.3, 0.4) is 0 Å². The molecule has 2 rings (SSSR count). The van der Waals surface area contributed by atoms with E-state index in [0.717, 1.165) is 32.8 Å². The molecule has 0 aliphatic carbocycles. The molecule has 2 aromatic carbocycles. The van der Waals surface area contributed by atoms with E-state index in [9.17, 15) is 5.11 Å². The molecule has 0 aromatic heterocycles. The van der Waals surface area contributed by atoms with Gasteiger partial charge in [-0.2, -0.15) is 0 Å². The molecule has 0 spiro atoms. The highest BCUT2D eigenvalue weighted by Gasteiger charge is 2.08. The van der Waals surface area contributed by atoms with Crippen molar-refractivity contribution in [1.82, 2.24) is 0 Å². The smallest absolute Gasteiger partial charge is 0.128 e. The number of halogens is 2. The minimum Gasteiger partial charge on any atom is -0.457 e. The molecule has 1 atom stereocenters. The molecule has 2 nitrogen and oxygen atoms in total. The third-order valence-electron chi connectivity index (χ3n) is 3.06. The molecule has 4 heteroatoms. The Hall–Kier alpha value is -1.03. The van der Waals surface area contributed by atoms with Crippen LogP contribution in [0.2, 0.25) is 5.02 Å². The SMILES string of the molecule is CCc1cc(Oc2ccc([C@@H](C)O)c(Br)c2)ccc1Cl. The minimum absolute atomic E-state index is 0.513. The van der Waals surface area contributed by atoms with Gasteiger partial charge in [0.15, 0.2) is 0 Å². The van der Waals surface area contributed by atoms with Crippen molar-refractivity contribution in [3.63, 3.8) is 0 Å². The topological polar surface area (TPSA) is 29.5 Å². The summed E-state index contributed by atoms with van der Waals surface area (Å²) in [7, 11) is 0. The summed E-state index contributed by atoms with van der Waals surface area (Å²) >= 11 is 9.53. The van der Waals surface area contributed by atoms with E-state index >= 15 is 0 Å². The van der Waals surface area contributed by atoms with Crippen molar-refractivity contribution in [3.05, 3.63) is 57.0 Å². The van der Waals surface area contributed by atoms with Gasteiger partial charge in [0.05, 0.1) is 6.10 Å². The molecule has 106 valence electrons.